The number of hydrogen-bond acceptors (Lipinski definition) is 3. The van der Waals surface area contributed by atoms with Crippen molar-refractivity contribution in [2.45, 2.75) is 0 Å². The molecule has 1 heterocycles. The molecule has 0 saturated heterocycles. The molecule has 0 atom stereocenters. The van der Waals surface area contributed by atoms with Gasteiger partial charge in [-0.05, 0) is 109 Å². The first-order valence-electron chi connectivity index (χ1n) is 17.0. The Hall–Kier alpha value is -6.71. The van der Waals surface area contributed by atoms with E-state index in [0.717, 1.165) is 55.3 Å². The summed E-state index contributed by atoms with van der Waals surface area (Å²) < 4.78 is 6.65. The first-order valence-corrected chi connectivity index (χ1v) is 17.0. The fourth-order valence-corrected chi connectivity index (χ4v) is 7.48. The van der Waals surface area contributed by atoms with Crippen LogP contribution in [0.25, 0.3) is 76.8 Å². The first kappa shape index (κ1) is 28.3. The fraction of sp³-hybridized carbons (Fsp3) is 0. The molecule has 10 rings (SSSR count). The maximum atomic E-state index is 6.65. The van der Waals surface area contributed by atoms with E-state index < -0.39 is 0 Å². The lowest BCUT2D eigenvalue weighted by molar-refractivity contribution is 0.623. The predicted molar refractivity (Wildman–Crippen MR) is 210 cm³/mol. The lowest BCUT2D eigenvalue weighted by Crippen LogP contribution is -2.09. The Kier molecular flexibility index (Phi) is 6.49. The second-order valence-corrected chi connectivity index (χ2v) is 12.8. The Bertz CT molecular complexity index is 2860. The van der Waals surface area contributed by atoms with Crippen LogP contribution in [-0.2, 0) is 0 Å². The van der Waals surface area contributed by atoms with Crippen molar-refractivity contribution in [3.63, 3.8) is 0 Å². The standard InChI is InChI=1S/C47H30N2O/c1-4-12-31(13-5-1)42-29-35-22-27-44-46(50-47(48-44)33-15-6-2-7-16-33)45(35)43-30-38(24-26-41(42)43)49(36-17-8-3-9-18-36)37-23-25-40-34(28-37)21-20-32-14-10-11-19-39(32)40/h1-30H. The van der Waals surface area contributed by atoms with Crippen LogP contribution in [0, 0.1) is 0 Å². The van der Waals surface area contributed by atoms with E-state index in [4.69, 9.17) is 9.40 Å². The summed E-state index contributed by atoms with van der Waals surface area (Å²) in [5, 5.41) is 9.42. The lowest BCUT2D eigenvalue weighted by atomic mass is 9.92. The van der Waals surface area contributed by atoms with Crippen molar-refractivity contribution in [1.82, 2.24) is 4.98 Å². The molecule has 0 radical (unpaired) electrons. The largest absolute Gasteiger partial charge is 0.435 e. The first-order chi connectivity index (χ1) is 24.8. The van der Waals surface area contributed by atoms with Crippen LogP contribution < -0.4 is 4.90 Å². The predicted octanol–water partition coefficient (Wildman–Crippen LogP) is 13.2. The average Bonchev–Trinajstić information content (AvgIpc) is 3.63. The quantitative estimate of drug-likeness (QED) is 0.176. The highest BCUT2D eigenvalue weighted by atomic mass is 16.3. The fourth-order valence-electron chi connectivity index (χ4n) is 7.48. The Morgan fingerprint density at radius 3 is 1.82 bits per heavy atom. The van der Waals surface area contributed by atoms with E-state index in [1.165, 1.54) is 32.7 Å². The molecule has 1 aromatic heterocycles. The van der Waals surface area contributed by atoms with E-state index in [1.807, 2.05) is 30.3 Å². The molecule has 3 heteroatoms. The van der Waals surface area contributed by atoms with Gasteiger partial charge in [-0.2, -0.15) is 0 Å². The number of oxazole rings is 1. The van der Waals surface area contributed by atoms with Gasteiger partial charge in [0.15, 0.2) is 5.58 Å². The molecule has 0 N–H and O–H groups in total. The molecule has 0 amide bonds. The molecule has 0 fully saturated rings. The Balaban J connectivity index is 1.25. The minimum Gasteiger partial charge on any atom is -0.435 e. The number of benzene rings is 9. The molecule has 0 unspecified atom stereocenters. The highest BCUT2D eigenvalue weighted by Gasteiger charge is 2.19. The van der Waals surface area contributed by atoms with Gasteiger partial charge in [-0.15, -0.1) is 0 Å². The van der Waals surface area contributed by atoms with Gasteiger partial charge in [-0.3, -0.25) is 0 Å². The third-order valence-corrected chi connectivity index (χ3v) is 9.82. The highest BCUT2D eigenvalue weighted by molar-refractivity contribution is 6.22. The summed E-state index contributed by atoms with van der Waals surface area (Å²) in [6.45, 7) is 0. The SMILES string of the molecule is c1ccc(-c2nc3ccc4cc(-c5ccccc5)c5ccc(N(c6ccccc6)c6ccc7c(ccc8ccccc87)c6)cc5c4c3o2)cc1. The van der Waals surface area contributed by atoms with Gasteiger partial charge in [-0.25, -0.2) is 4.98 Å². The number of nitrogens with zero attached hydrogens (tertiary/aromatic N) is 2. The second-order valence-electron chi connectivity index (χ2n) is 12.8. The molecule has 9 aromatic carbocycles. The smallest absolute Gasteiger partial charge is 0.227 e. The monoisotopic (exact) mass is 638 g/mol. The summed E-state index contributed by atoms with van der Waals surface area (Å²) in [5.74, 6) is 0.624. The van der Waals surface area contributed by atoms with Gasteiger partial charge in [-0.1, -0.05) is 121 Å². The molecule has 0 aliphatic heterocycles. The lowest BCUT2D eigenvalue weighted by Gasteiger charge is -2.26. The van der Waals surface area contributed by atoms with Crippen molar-refractivity contribution >= 4 is 71.3 Å². The molecule has 0 aliphatic rings. The summed E-state index contributed by atoms with van der Waals surface area (Å²) in [6.07, 6.45) is 0. The van der Waals surface area contributed by atoms with Gasteiger partial charge < -0.3 is 9.32 Å². The highest BCUT2D eigenvalue weighted by Crippen LogP contribution is 2.44. The van der Waals surface area contributed by atoms with Gasteiger partial charge >= 0.3 is 0 Å². The summed E-state index contributed by atoms with van der Waals surface area (Å²) in [4.78, 5) is 7.30. The van der Waals surface area contributed by atoms with Crippen LogP contribution in [0.2, 0.25) is 0 Å². The second kappa shape index (κ2) is 11.5. The minimum atomic E-state index is 0.624. The number of aromatic nitrogens is 1. The molecular weight excluding hydrogens is 609 g/mol. The average molecular weight is 639 g/mol. The summed E-state index contributed by atoms with van der Waals surface area (Å²) in [6, 6.07) is 64.6. The van der Waals surface area contributed by atoms with Crippen LogP contribution in [0.1, 0.15) is 0 Å². The van der Waals surface area contributed by atoms with E-state index in [-0.39, 0.29) is 0 Å². The van der Waals surface area contributed by atoms with Gasteiger partial charge in [0.2, 0.25) is 5.89 Å². The minimum absolute atomic E-state index is 0.624. The maximum Gasteiger partial charge on any atom is 0.227 e. The van der Waals surface area contributed by atoms with Crippen LogP contribution in [-0.4, -0.2) is 4.98 Å². The van der Waals surface area contributed by atoms with E-state index >= 15 is 0 Å². The van der Waals surface area contributed by atoms with Gasteiger partial charge in [0.05, 0.1) is 0 Å². The molecule has 50 heavy (non-hydrogen) atoms. The zero-order valence-electron chi connectivity index (χ0n) is 27.1. The number of fused-ring (bicyclic) bond motifs is 8. The van der Waals surface area contributed by atoms with Crippen LogP contribution >= 0.6 is 0 Å². The third kappa shape index (κ3) is 4.63. The Labute approximate surface area is 289 Å². The van der Waals surface area contributed by atoms with E-state index in [0.29, 0.717) is 5.89 Å². The molecule has 0 bridgehead atoms. The molecular formula is C47H30N2O. The number of para-hydroxylation sites is 1. The van der Waals surface area contributed by atoms with Crippen molar-refractivity contribution in [2.75, 3.05) is 4.90 Å². The molecule has 3 nitrogen and oxygen atoms in total. The van der Waals surface area contributed by atoms with Gasteiger partial charge in [0, 0.05) is 28.0 Å². The van der Waals surface area contributed by atoms with Gasteiger partial charge in [0.1, 0.15) is 5.52 Å². The van der Waals surface area contributed by atoms with Crippen molar-refractivity contribution in [1.29, 1.82) is 0 Å². The van der Waals surface area contributed by atoms with Crippen LogP contribution in [0.5, 0.6) is 0 Å². The Morgan fingerprint density at radius 1 is 0.400 bits per heavy atom. The van der Waals surface area contributed by atoms with Gasteiger partial charge in [0.25, 0.3) is 0 Å². The van der Waals surface area contributed by atoms with Crippen LogP contribution in [0.4, 0.5) is 17.1 Å². The molecule has 0 spiro atoms. The maximum absolute atomic E-state index is 6.65. The van der Waals surface area contributed by atoms with Crippen LogP contribution in [0.3, 0.4) is 0 Å². The normalized spacial score (nSPS) is 11.6. The molecule has 0 aliphatic carbocycles. The van der Waals surface area contributed by atoms with Crippen molar-refractivity contribution < 1.29 is 4.42 Å². The molecule has 10 aromatic rings. The summed E-state index contributed by atoms with van der Waals surface area (Å²) in [7, 11) is 0. The van der Waals surface area contributed by atoms with Crippen molar-refractivity contribution in [3.05, 3.63) is 182 Å². The third-order valence-electron chi connectivity index (χ3n) is 9.82. The zero-order chi connectivity index (χ0) is 33.0. The topological polar surface area (TPSA) is 29.3 Å². The molecule has 0 saturated carbocycles. The summed E-state index contributed by atoms with van der Waals surface area (Å²) >= 11 is 0. The summed E-state index contributed by atoms with van der Waals surface area (Å²) in [5.41, 5.74) is 8.22. The van der Waals surface area contributed by atoms with E-state index in [1.54, 1.807) is 0 Å². The molecule has 234 valence electrons. The van der Waals surface area contributed by atoms with Crippen molar-refractivity contribution in [3.8, 4) is 22.6 Å². The van der Waals surface area contributed by atoms with Crippen molar-refractivity contribution in [2.24, 2.45) is 0 Å². The van der Waals surface area contributed by atoms with E-state index in [9.17, 15) is 0 Å². The zero-order valence-corrected chi connectivity index (χ0v) is 27.1. The number of hydrogen-bond donors (Lipinski definition) is 0. The van der Waals surface area contributed by atoms with E-state index in [2.05, 4.69) is 157 Å². The number of anilines is 3. The van der Waals surface area contributed by atoms with Crippen LogP contribution in [0.15, 0.2) is 186 Å². The number of rotatable bonds is 5. The Morgan fingerprint density at radius 2 is 1.02 bits per heavy atom.